The van der Waals surface area contributed by atoms with Gasteiger partial charge in [-0.1, -0.05) is 88.5 Å². The molecule has 1 aliphatic carbocycles. The van der Waals surface area contributed by atoms with Crippen LogP contribution in [0.15, 0.2) is 95.4 Å². The van der Waals surface area contributed by atoms with Crippen LogP contribution in [-0.2, 0) is 10.8 Å². The van der Waals surface area contributed by atoms with Crippen LogP contribution in [-0.4, -0.2) is 19.0 Å². The Bertz CT molecular complexity index is 1200. The van der Waals surface area contributed by atoms with Crippen LogP contribution in [0.5, 0.6) is 0 Å². The van der Waals surface area contributed by atoms with E-state index in [9.17, 15) is 0 Å². The zero-order chi connectivity index (χ0) is 24.3. The van der Waals surface area contributed by atoms with Crippen LogP contribution < -0.4 is 9.80 Å². The molecular formula is C31H34N2S. The minimum Gasteiger partial charge on any atom is -0.347 e. The summed E-state index contributed by atoms with van der Waals surface area (Å²) in [4.78, 5) is 5.66. The normalized spacial score (nSPS) is 25.2. The number of nitrogens with zero attached hydrogens (tertiary/aromatic N) is 2. The van der Waals surface area contributed by atoms with Crippen molar-refractivity contribution in [2.45, 2.75) is 51.4 Å². The molecule has 34 heavy (non-hydrogen) atoms. The summed E-state index contributed by atoms with van der Waals surface area (Å²) < 4.78 is 0. The molecule has 1 fully saturated rings. The molecule has 174 valence electrons. The Hall–Kier alpha value is -2.91. The molecule has 1 saturated carbocycles. The number of likely N-dealkylation sites (N-methyl/N-ethyl adjacent to an activating group) is 2. The maximum atomic E-state index is 5.93. The highest BCUT2D eigenvalue weighted by atomic mass is 32.1. The lowest BCUT2D eigenvalue weighted by Crippen LogP contribution is -2.22. The summed E-state index contributed by atoms with van der Waals surface area (Å²) in [6.45, 7) is 9.23. The average molecular weight is 467 g/mol. The first-order chi connectivity index (χ1) is 16.1. The van der Waals surface area contributed by atoms with E-state index in [1.165, 1.54) is 45.0 Å². The SMILES string of the molecule is CN1/C(=C/C=C2\CC/C(=C\C=C3\N(C)c4ccccc4C3(C)C)C2=S)C(C)(C)c2ccccc21. The topological polar surface area (TPSA) is 6.48 Å². The van der Waals surface area contributed by atoms with Crippen molar-refractivity contribution in [2.75, 3.05) is 23.9 Å². The van der Waals surface area contributed by atoms with Gasteiger partial charge in [0, 0.05) is 52.6 Å². The third kappa shape index (κ3) is 3.41. The van der Waals surface area contributed by atoms with Gasteiger partial charge in [-0.05, 0) is 59.4 Å². The molecule has 3 aliphatic rings. The fourth-order valence-electron chi connectivity index (χ4n) is 5.98. The Kier molecular flexibility index (Phi) is 5.44. The highest BCUT2D eigenvalue weighted by Crippen LogP contribution is 2.48. The first kappa shape index (κ1) is 22.9. The first-order valence-corrected chi connectivity index (χ1v) is 12.6. The second-order valence-corrected chi connectivity index (χ2v) is 11.1. The molecule has 0 spiro atoms. The van der Waals surface area contributed by atoms with Gasteiger partial charge in [-0.2, -0.15) is 0 Å². The minimum absolute atomic E-state index is 0.0145. The molecule has 2 aromatic carbocycles. The van der Waals surface area contributed by atoms with Crippen LogP contribution in [0.4, 0.5) is 11.4 Å². The number of benzene rings is 2. The van der Waals surface area contributed by atoms with Crippen molar-refractivity contribution >= 4 is 28.5 Å². The number of fused-ring (bicyclic) bond motifs is 2. The van der Waals surface area contributed by atoms with Gasteiger partial charge < -0.3 is 9.80 Å². The molecule has 0 aromatic heterocycles. The fraction of sp³-hybridized carbons (Fsp3) is 0.323. The van der Waals surface area contributed by atoms with E-state index in [2.05, 4.69) is 124 Å². The van der Waals surface area contributed by atoms with Crippen molar-refractivity contribution in [3.05, 3.63) is 107 Å². The Labute approximate surface area is 210 Å². The number of rotatable bonds is 2. The van der Waals surface area contributed by atoms with Gasteiger partial charge in [0.1, 0.15) is 0 Å². The third-order valence-electron chi connectivity index (χ3n) is 8.01. The van der Waals surface area contributed by atoms with Gasteiger partial charge in [0.15, 0.2) is 0 Å². The lowest BCUT2D eigenvalue weighted by Gasteiger charge is -2.24. The Morgan fingerprint density at radius 2 is 1.03 bits per heavy atom. The lowest BCUT2D eigenvalue weighted by atomic mass is 9.83. The minimum atomic E-state index is -0.0145. The number of anilines is 2. The molecule has 0 saturated heterocycles. The number of allylic oxidation sites excluding steroid dienone is 8. The maximum absolute atomic E-state index is 5.93. The summed E-state index contributed by atoms with van der Waals surface area (Å²) in [6, 6.07) is 17.4. The smallest absolute Gasteiger partial charge is 0.0447 e. The van der Waals surface area contributed by atoms with Crippen LogP contribution in [0.1, 0.15) is 51.7 Å². The van der Waals surface area contributed by atoms with E-state index in [0.717, 1.165) is 17.7 Å². The summed E-state index contributed by atoms with van der Waals surface area (Å²) in [5, 5.41) is 0. The highest BCUT2D eigenvalue weighted by molar-refractivity contribution is 7.81. The number of thiocarbonyl (C=S) groups is 1. The molecule has 2 aliphatic heterocycles. The second kappa shape index (κ2) is 8.09. The second-order valence-electron chi connectivity index (χ2n) is 10.7. The average Bonchev–Trinajstić information content (AvgIpc) is 3.33. The van der Waals surface area contributed by atoms with E-state index in [4.69, 9.17) is 12.2 Å². The molecule has 2 nitrogen and oxygen atoms in total. The summed E-state index contributed by atoms with van der Waals surface area (Å²) in [6.07, 6.45) is 11.1. The van der Waals surface area contributed by atoms with Crippen molar-refractivity contribution in [1.82, 2.24) is 0 Å². The van der Waals surface area contributed by atoms with Crippen molar-refractivity contribution in [3.63, 3.8) is 0 Å². The summed E-state index contributed by atoms with van der Waals surface area (Å²) >= 11 is 5.93. The van der Waals surface area contributed by atoms with Crippen molar-refractivity contribution in [2.24, 2.45) is 0 Å². The molecule has 0 bridgehead atoms. The van der Waals surface area contributed by atoms with Gasteiger partial charge >= 0.3 is 0 Å². The zero-order valence-corrected chi connectivity index (χ0v) is 22.0. The maximum Gasteiger partial charge on any atom is 0.0447 e. The third-order valence-corrected chi connectivity index (χ3v) is 8.54. The molecule has 5 rings (SSSR count). The number of hydrogen-bond acceptors (Lipinski definition) is 3. The van der Waals surface area contributed by atoms with Crippen molar-refractivity contribution in [1.29, 1.82) is 0 Å². The van der Waals surface area contributed by atoms with Crippen LogP contribution in [0.3, 0.4) is 0 Å². The van der Waals surface area contributed by atoms with Gasteiger partial charge in [-0.15, -0.1) is 0 Å². The van der Waals surface area contributed by atoms with Gasteiger partial charge in [-0.25, -0.2) is 0 Å². The van der Waals surface area contributed by atoms with Gasteiger partial charge in [0.25, 0.3) is 0 Å². The van der Waals surface area contributed by atoms with E-state index in [1.54, 1.807) is 0 Å². The molecule has 0 amide bonds. The summed E-state index contributed by atoms with van der Waals surface area (Å²) in [5.74, 6) is 0. The molecular weight excluding hydrogens is 432 g/mol. The molecule has 0 unspecified atom stereocenters. The first-order valence-electron chi connectivity index (χ1n) is 12.2. The number of hydrogen-bond donors (Lipinski definition) is 0. The van der Waals surface area contributed by atoms with E-state index >= 15 is 0 Å². The van der Waals surface area contributed by atoms with E-state index in [0.29, 0.717) is 0 Å². The monoisotopic (exact) mass is 466 g/mol. The lowest BCUT2D eigenvalue weighted by molar-refractivity contribution is 0.640. The largest absolute Gasteiger partial charge is 0.347 e. The van der Waals surface area contributed by atoms with Crippen LogP contribution in [0.25, 0.3) is 0 Å². The number of para-hydroxylation sites is 2. The van der Waals surface area contributed by atoms with E-state index in [-0.39, 0.29) is 10.8 Å². The van der Waals surface area contributed by atoms with Crippen LogP contribution >= 0.6 is 12.2 Å². The Morgan fingerprint density at radius 1 is 0.647 bits per heavy atom. The predicted octanol–water partition coefficient (Wildman–Crippen LogP) is 7.63. The Balaban J connectivity index is 1.41. The van der Waals surface area contributed by atoms with E-state index in [1.807, 2.05) is 0 Å². The fourth-order valence-corrected chi connectivity index (χ4v) is 6.32. The van der Waals surface area contributed by atoms with Gasteiger partial charge in [-0.3, -0.25) is 0 Å². The summed E-state index contributed by atoms with van der Waals surface area (Å²) in [5.41, 5.74) is 10.5. The standard InChI is InChI=1S/C31H34N2S/c1-30(2)23-11-7-9-13-25(23)32(5)27(30)19-17-21-15-16-22(29(21)34)18-20-28-31(3,4)24-12-8-10-14-26(24)33(28)6/h7-14,17-20H,15-16H2,1-6H3/b21-17+,22-18+,27-19+,28-20+. The quantitative estimate of drug-likeness (QED) is 0.332. The van der Waals surface area contributed by atoms with Gasteiger partial charge in [0.05, 0.1) is 0 Å². The summed E-state index contributed by atoms with van der Waals surface area (Å²) in [7, 11) is 4.33. The van der Waals surface area contributed by atoms with Crippen LogP contribution in [0, 0.1) is 0 Å². The van der Waals surface area contributed by atoms with Gasteiger partial charge in [0.2, 0.25) is 0 Å². The molecule has 2 aromatic rings. The van der Waals surface area contributed by atoms with Crippen LogP contribution in [0.2, 0.25) is 0 Å². The molecule has 0 atom stereocenters. The van der Waals surface area contributed by atoms with Crippen molar-refractivity contribution in [3.8, 4) is 0 Å². The molecule has 2 heterocycles. The van der Waals surface area contributed by atoms with Crippen molar-refractivity contribution < 1.29 is 0 Å². The molecule has 0 radical (unpaired) electrons. The predicted molar refractivity (Wildman–Crippen MR) is 150 cm³/mol. The Morgan fingerprint density at radius 3 is 1.41 bits per heavy atom. The zero-order valence-electron chi connectivity index (χ0n) is 21.1. The molecule has 0 N–H and O–H groups in total. The highest BCUT2D eigenvalue weighted by Gasteiger charge is 2.39. The molecule has 3 heteroatoms. The van der Waals surface area contributed by atoms with E-state index < -0.39 is 0 Å².